The van der Waals surface area contributed by atoms with Crippen LogP contribution in [0.1, 0.15) is 10.4 Å². The van der Waals surface area contributed by atoms with E-state index in [1.165, 1.54) is 0 Å². The summed E-state index contributed by atoms with van der Waals surface area (Å²) in [5, 5.41) is -0.478. The normalized spacial score (nSPS) is 12.6. The second-order valence-corrected chi connectivity index (χ2v) is 4.35. The van der Waals surface area contributed by atoms with Crippen molar-refractivity contribution in [3.05, 3.63) is 33.3 Å². The summed E-state index contributed by atoms with van der Waals surface area (Å²) in [7, 11) is 0. The van der Waals surface area contributed by atoms with Gasteiger partial charge in [0.2, 0.25) is 5.78 Å². The highest BCUT2D eigenvalue weighted by molar-refractivity contribution is 9.10. The van der Waals surface area contributed by atoms with Crippen LogP contribution >= 0.6 is 27.5 Å². The van der Waals surface area contributed by atoms with Gasteiger partial charge in [-0.15, -0.1) is 0 Å². The summed E-state index contributed by atoms with van der Waals surface area (Å²) in [6.07, 6.45) is -5.94. The van der Waals surface area contributed by atoms with Gasteiger partial charge in [-0.3, -0.25) is 4.79 Å². The molecule has 94 valence electrons. The summed E-state index contributed by atoms with van der Waals surface area (Å²) < 4.78 is 61.7. The Morgan fingerprint density at radius 1 is 1.18 bits per heavy atom. The van der Waals surface area contributed by atoms with E-state index in [0.29, 0.717) is 4.47 Å². The van der Waals surface area contributed by atoms with Crippen LogP contribution in [0.3, 0.4) is 0 Å². The Morgan fingerprint density at radius 2 is 1.71 bits per heavy atom. The van der Waals surface area contributed by atoms with Gasteiger partial charge >= 0.3 is 12.1 Å². The van der Waals surface area contributed by atoms with E-state index in [1.807, 2.05) is 0 Å². The van der Waals surface area contributed by atoms with Gasteiger partial charge < -0.3 is 0 Å². The monoisotopic (exact) mass is 336 g/mol. The van der Waals surface area contributed by atoms with Crippen molar-refractivity contribution in [1.82, 2.24) is 0 Å². The maximum atomic E-state index is 12.7. The van der Waals surface area contributed by atoms with E-state index < -0.39 is 28.5 Å². The summed E-state index contributed by atoms with van der Waals surface area (Å²) in [5.41, 5.74) is -0.878. The first-order chi connectivity index (χ1) is 7.57. The van der Waals surface area contributed by atoms with Crippen LogP contribution in [-0.4, -0.2) is 17.9 Å². The predicted molar refractivity (Wildman–Crippen MR) is 54.5 cm³/mol. The number of hydrogen-bond acceptors (Lipinski definition) is 1. The third-order valence-electron chi connectivity index (χ3n) is 1.82. The van der Waals surface area contributed by atoms with Crippen LogP contribution in [0.25, 0.3) is 0 Å². The summed E-state index contributed by atoms with van der Waals surface area (Å²) >= 11 is 8.36. The topological polar surface area (TPSA) is 17.1 Å². The fraction of sp³-hybridized carbons (Fsp3) is 0.222. The van der Waals surface area contributed by atoms with Crippen molar-refractivity contribution >= 4 is 33.3 Å². The summed E-state index contributed by atoms with van der Waals surface area (Å²) in [6, 6.07) is 3.00. The Bertz CT molecular complexity index is 457. The molecule has 0 bridgehead atoms. The number of Topliss-reactive ketones (excluding diaryl/α,β-unsaturated/α-hetero) is 1. The number of carbonyl (C=O) groups excluding carboxylic acids is 1. The van der Waals surface area contributed by atoms with Crippen LogP contribution in [0.15, 0.2) is 22.7 Å². The van der Waals surface area contributed by atoms with Crippen molar-refractivity contribution in [2.24, 2.45) is 0 Å². The van der Waals surface area contributed by atoms with E-state index in [-0.39, 0.29) is 0 Å². The number of rotatable bonds is 2. The van der Waals surface area contributed by atoms with E-state index in [1.54, 1.807) is 0 Å². The highest BCUT2D eigenvalue weighted by Gasteiger charge is 2.63. The SMILES string of the molecule is O=C(c1ccc(Br)cc1Cl)C(F)(F)C(F)(F)F. The van der Waals surface area contributed by atoms with Crippen LogP contribution < -0.4 is 0 Å². The molecule has 0 fully saturated rings. The molecule has 1 nitrogen and oxygen atoms in total. The predicted octanol–water partition coefficient (Wildman–Crippen LogP) is 4.48. The van der Waals surface area contributed by atoms with Gasteiger partial charge in [0.15, 0.2) is 0 Å². The molecule has 0 aliphatic rings. The molecule has 0 saturated carbocycles. The molecule has 8 heteroatoms. The van der Waals surface area contributed by atoms with Gasteiger partial charge in [-0.05, 0) is 18.2 Å². The number of alkyl halides is 5. The Morgan fingerprint density at radius 3 is 2.12 bits per heavy atom. The van der Waals surface area contributed by atoms with Gasteiger partial charge in [0.05, 0.1) is 5.02 Å². The third kappa shape index (κ3) is 2.77. The maximum absolute atomic E-state index is 12.7. The first-order valence-corrected chi connectivity index (χ1v) is 5.19. The van der Waals surface area contributed by atoms with Gasteiger partial charge in [0.25, 0.3) is 0 Å². The van der Waals surface area contributed by atoms with Gasteiger partial charge in [-0.25, -0.2) is 0 Å². The van der Waals surface area contributed by atoms with Crippen LogP contribution in [0.2, 0.25) is 5.02 Å². The Labute approximate surface area is 106 Å². The van der Waals surface area contributed by atoms with E-state index in [4.69, 9.17) is 11.6 Å². The smallest absolute Gasteiger partial charge is 0.287 e. The minimum atomic E-state index is -5.94. The first kappa shape index (κ1) is 14.4. The fourth-order valence-electron chi connectivity index (χ4n) is 0.971. The summed E-state index contributed by atoms with van der Waals surface area (Å²) in [4.78, 5) is 11.1. The lowest BCUT2D eigenvalue weighted by atomic mass is 10.1. The number of benzene rings is 1. The maximum Gasteiger partial charge on any atom is 0.461 e. The molecule has 1 aromatic rings. The molecule has 1 aromatic carbocycles. The molecule has 0 aliphatic heterocycles. The lowest BCUT2D eigenvalue weighted by molar-refractivity contribution is -0.255. The molecule has 0 amide bonds. The number of carbonyl (C=O) groups is 1. The van der Waals surface area contributed by atoms with Crippen molar-refractivity contribution in [1.29, 1.82) is 0 Å². The van der Waals surface area contributed by atoms with Crippen molar-refractivity contribution in [3.8, 4) is 0 Å². The minimum Gasteiger partial charge on any atom is -0.287 e. The largest absolute Gasteiger partial charge is 0.461 e. The minimum absolute atomic E-state index is 0.356. The number of halogens is 7. The zero-order valence-corrected chi connectivity index (χ0v) is 10.1. The summed E-state index contributed by atoms with van der Waals surface area (Å²) in [5.74, 6) is -7.83. The average Bonchev–Trinajstić information content (AvgIpc) is 2.14. The third-order valence-corrected chi connectivity index (χ3v) is 2.62. The molecule has 1 rings (SSSR count). The van der Waals surface area contributed by atoms with Gasteiger partial charge in [-0.2, -0.15) is 22.0 Å². The molecule has 0 spiro atoms. The zero-order chi connectivity index (χ0) is 13.4. The first-order valence-electron chi connectivity index (χ1n) is 4.02. The molecule has 0 aliphatic carbocycles. The van der Waals surface area contributed by atoms with Crippen LogP contribution in [-0.2, 0) is 0 Å². The zero-order valence-electron chi connectivity index (χ0n) is 7.79. The average molecular weight is 337 g/mol. The lowest BCUT2D eigenvalue weighted by Crippen LogP contribution is -2.44. The highest BCUT2D eigenvalue weighted by Crippen LogP contribution is 2.39. The Hall–Kier alpha value is -0.690. The molecular formula is C9H3BrClF5O. The molecular weight excluding hydrogens is 334 g/mol. The molecule has 17 heavy (non-hydrogen) atoms. The van der Waals surface area contributed by atoms with Crippen LogP contribution in [0.4, 0.5) is 22.0 Å². The highest BCUT2D eigenvalue weighted by atomic mass is 79.9. The van der Waals surface area contributed by atoms with E-state index in [0.717, 1.165) is 18.2 Å². The Kier molecular flexibility index (Phi) is 3.83. The standard InChI is InChI=1S/C9H3BrClF5O/c10-4-1-2-5(6(11)3-4)7(17)8(12,13)9(14,15)16/h1-3H. The second kappa shape index (κ2) is 4.53. The van der Waals surface area contributed by atoms with Crippen molar-refractivity contribution in [2.75, 3.05) is 0 Å². The molecule has 0 saturated heterocycles. The fourth-order valence-corrected chi connectivity index (χ4v) is 1.73. The summed E-state index contributed by atoms with van der Waals surface area (Å²) in [6.45, 7) is 0. The quantitative estimate of drug-likeness (QED) is 0.574. The Balaban J connectivity index is 3.22. The van der Waals surface area contributed by atoms with Crippen molar-refractivity contribution < 1.29 is 26.7 Å². The molecule has 0 radical (unpaired) electrons. The second-order valence-electron chi connectivity index (χ2n) is 3.03. The van der Waals surface area contributed by atoms with Crippen molar-refractivity contribution in [3.63, 3.8) is 0 Å². The molecule has 0 unspecified atom stereocenters. The molecule has 0 atom stereocenters. The molecule has 0 aromatic heterocycles. The molecule has 0 heterocycles. The van der Waals surface area contributed by atoms with Gasteiger partial charge in [-0.1, -0.05) is 27.5 Å². The lowest BCUT2D eigenvalue weighted by Gasteiger charge is -2.18. The van der Waals surface area contributed by atoms with E-state index in [2.05, 4.69) is 15.9 Å². The van der Waals surface area contributed by atoms with E-state index >= 15 is 0 Å². The van der Waals surface area contributed by atoms with Gasteiger partial charge in [0, 0.05) is 10.0 Å². The van der Waals surface area contributed by atoms with Crippen LogP contribution in [0.5, 0.6) is 0 Å². The number of hydrogen-bond donors (Lipinski definition) is 0. The molecule has 0 N–H and O–H groups in total. The van der Waals surface area contributed by atoms with Crippen LogP contribution in [0, 0.1) is 0 Å². The van der Waals surface area contributed by atoms with Gasteiger partial charge in [0.1, 0.15) is 0 Å². The number of ketones is 1. The van der Waals surface area contributed by atoms with E-state index in [9.17, 15) is 26.7 Å². The van der Waals surface area contributed by atoms with Crippen molar-refractivity contribution in [2.45, 2.75) is 12.1 Å².